The van der Waals surface area contributed by atoms with Crippen LogP contribution in [0.4, 0.5) is 5.69 Å². The molecule has 0 radical (unpaired) electrons. The van der Waals surface area contributed by atoms with Crippen molar-refractivity contribution in [2.75, 3.05) is 31.5 Å². The van der Waals surface area contributed by atoms with Crippen LogP contribution in [-0.4, -0.2) is 43.0 Å². The van der Waals surface area contributed by atoms with E-state index in [0.29, 0.717) is 12.6 Å². The fourth-order valence-electron chi connectivity index (χ4n) is 2.55. The van der Waals surface area contributed by atoms with Crippen molar-refractivity contribution < 1.29 is 4.79 Å². The average molecular weight is 261 g/mol. The molecule has 0 spiro atoms. The van der Waals surface area contributed by atoms with Gasteiger partial charge in [-0.25, -0.2) is 0 Å². The Morgan fingerprint density at radius 3 is 2.74 bits per heavy atom. The molecule has 1 saturated heterocycles. The van der Waals surface area contributed by atoms with E-state index in [1.54, 1.807) is 0 Å². The van der Waals surface area contributed by atoms with Crippen molar-refractivity contribution >= 4 is 11.6 Å². The summed E-state index contributed by atoms with van der Waals surface area (Å²) in [7, 11) is 0. The second kappa shape index (κ2) is 6.17. The van der Waals surface area contributed by atoms with Gasteiger partial charge in [-0.15, -0.1) is 0 Å². The lowest BCUT2D eigenvalue weighted by Gasteiger charge is -2.31. The number of carbonyl (C=O) groups is 1. The first-order chi connectivity index (χ1) is 9.06. The highest BCUT2D eigenvalue weighted by Crippen LogP contribution is 2.19. The predicted octanol–water partition coefficient (Wildman–Crippen LogP) is 1.54. The summed E-state index contributed by atoms with van der Waals surface area (Å²) >= 11 is 0. The van der Waals surface area contributed by atoms with Crippen LogP contribution < -0.4 is 10.6 Å². The number of amides is 1. The van der Waals surface area contributed by atoms with E-state index < -0.39 is 0 Å². The van der Waals surface area contributed by atoms with Gasteiger partial charge in [0.1, 0.15) is 0 Å². The molecule has 0 saturated carbocycles. The Morgan fingerprint density at radius 1 is 1.42 bits per heavy atom. The van der Waals surface area contributed by atoms with Crippen LogP contribution in [0.3, 0.4) is 0 Å². The normalized spacial score (nSPS) is 20.3. The molecule has 0 bridgehead atoms. The monoisotopic (exact) mass is 261 g/mol. The average Bonchev–Trinajstić information content (AvgIpc) is 2.34. The van der Waals surface area contributed by atoms with Gasteiger partial charge in [0.05, 0.1) is 6.54 Å². The molecule has 0 aliphatic carbocycles. The Labute approximate surface area is 115 Å². The standard InChI is InChI=1S/C15H23N3O/c1-11-5-4-6-12(2)15(11)17-14(19)10-18-8-7-16-13(3)9-18/h4-6,13,16H,7-10H2,1-3H3,(H,17,19)/t13-/m0/s1. The van der Waals surface area contributed by atoms with E-state index in [4.69, 9.17) is 0 Å². The topological polar surface area (TPSA) is 44.4 Å². The number of anilines is 1. The highest BCUT2D eigenvalue weighted by molar-refractivity contribution is 5.93. The molecular formula is C15H23N3O. The van der Waals surface area contributed by atoms with Crippen LogP contribution in [0.2, 0.25) is 0 Å². The van der Waals surface area contributed by atoms with Crippen molar-refractivity contribution in [3.63, 3.8) is 0 Å². The second-order valence-electron chi connectivity index (χ2n) is 5.41. The highest BCUT2D eigenvalue weighted by atomic mass is 16.2. The van der Waals surface area contributed by atoms with Crippen LogP contribution >= 0.6 is 0 Å². The summed E-state index contributed by atoms with van der Waals surface area (Å²) in [6, 6.07) is 6.52. The smallest absolute Gasteiger partial charge is 0.238 e. The van der Waals surface area contributed by atoms with Gasteiger partial charge in [0.2, 0.25) is 5.91 Å². The van der Waals surface area contributed by atoms with Gasteiger partial charge in [0, 0.05) is 31.4 Å². The second-order valence-corrected chi connectivity index (χ2v) is 5.41. The first-order valence-corrected chi connectivity index (χ1v) is 6.88. The number of carbonyl (C=O) groups excluding carboxylic acids is 1. The molecule has 0 aromatic heterocycles. The van der Waals surface area contributed by atoms with E-state index in [0.717, 1.165) is 36.4 Å². The van der Waals surface area contributed by atoms with Crippen LogP contribution in [0.5, 0.6) is 0 Å². The van der Waals surface area contributed by atoms with Crippen LogP contribution in [0.1, 0.15) is 18.1 Å². The fourth-order valence-corrected chi connectivity index (χ4v) is 2.55. The number of nitrogens with zero attached hydrogens (tertiary/aromatic N) is 1. The molecule has 0 unspecified atom stereocenters. The third-order valence-electron chi connectivity index (χ3n) is 3.57. The van der Waals surface area contributed by atoms with Gasteiger partial charge in [-0.1, -0.05) is 18.2 Å². The number of nitrogens with one attached hydrogen (secondary N) is 2. The zero-order chi connectivity index (χ0) is 13.8. The van der Waals surface area contributed by atoms with Gasteiger partial charge >= 0.3 is 0 Å². The molecule has 1 aromatic rings. The summed E-state index contributed by atoms with van der Waals surface area (Å²) in [6.45, 7) is 9.49. The largest absolute Gasteiger partial charge is 0.324 e. The minimum atomic E-state index is 0.0755. The maximum atomic E-state index is 12.1. The molecular weight excluding hydrogens is 238 g/mol. The molecule has 1 amide bonds. The summed E-state index contributed by atoms with van der Waals surface area (Å²) in [5.41, 5.74) is 3.18. The van der Waals surface area contributed by atoms with Crippen molar-refractivity contribution in [3.8, 4) is 0 Å². The molecule has 2 N–H and O–H groups in total. The third kappa shape index (κ3) is 3.78. The van der Waals surface area contributed by atoms with Crippen LogP contribution in [0.15, 0.2) is 18.2 Å². The maximum Gasteiger partial charge on any atom is 0.238 e. The quantitative estimate of drug-likeness (QED) is 0.867. The van der Waals surface area contributed by atoms with Gasteiger partial charge in [0.25, 0.3) is 0 Å². The highest BCUT2D eigenvalue weighted by Gasteiger charge is 2.18. The van der Waals surface area contributed by atoms with E-state index in [9.17, 15) is 4.79 Å². The first-order valence-electron chi connectivity index (χ1n) is 6.88. The number of para-hydroxylation sites is 1. The van der Waals surface area contributed by atoms with E-state index >= 15 is 0 Å². The Morgan fingerprint density at radius 2 is 2.11 bits per heavy atom. The van der Waals surface area contributed by atoms with Gasteiger partial charge in [0.15, 0.2) is 0 Å². The van der Waals surface area contributed by atoms with Crippen molar-refractivity contribution in [3.05, 3.63) is 29.3 Å². The first kappa shape index (κ1) is 14.0. The predicted molar refractivity (Wildman–Crippen MR) is 78.5 cm³/mol. The summed E-state index contributed by atoms with van der Waals surface area (Å²) in [5, 5.41) is 6.42. The number of hydrogen-bond donors (Lipinski definition) is 2. The molecule has 1 aromatic carbocycles. The number of hydrogen-bond acceptors (Lipinski definition) is 3. The lowest BCUT2D eigenvalue weighted by molar-refractivity contribution is -0.117. The van der Waals surface area contributed by atoms with Crippen molar-refractivity contribution in [2.45, 2.75) is 26.8 Å². The fraction of sp³-hybridized carbons (Fsp3) is 0.533. The van der Waals surface area contributed by atoms with Gasteiger partial charge in [-0.05, 0) is 31.9 Å². The Balaban J connectivity index is 1.94. The number of aryl methyl sites for hydroxylation is 2. The van der Waals surface area contributed by atoms with Crippen LogP contribution in [0, 0.1) is 13.8 Å². The molecule has 19 heavy (non-hydrogen) atoms. The van der Waals surface area contributed by atoms with Crippen LogP contribution in [-0.2, 0) is 4.79 Å². The lowest BCUT2D eigenvalue weighted by Crippen LogP contribution is -2.51. The Hall–Kier alpha value is -1.39. The van der Waals surface area contributed by atoms with E-state index in [2.05, 4.69) is 22.5 Å². The molecule has 1 atom stereocenters. The SMILES string of the molecule is Cc1cccc(C)c1NC(=O)CN1CCN[C@@H](C)C1. The summed E-state index contributed by atoms with van der Waals surface area (Å²) in [5.74, 6) is 0.0755. The Bertz CT molecular complexity index is 438. The van der Waals surface area contributed by atoms with Gasteiger partial charge in [-0.2, -0.15) is 0 Å². The molecule has 1 aliphatic rings. The van der Waals surface area contributed by atoms with E-state index in [1.165, 1.54) is 0 Å². The van der Waals surface area contributed by atoms with E-state index in [-0.39, 0.29) is 5.91 Å². The number of rotatable bonds is 3. The summed E-state index contributed by atoms with van der Waals surface area (Å²) in [6.07, 6.45) is 0. The van der Waals surface area contributed by atoms with Crippen molar-refractivity contribution in [1.82, 2.24) is 10.2 Å². The zero-order valence-corrected chi connectivity index (χ0v) is 12.0. The number of benzene rings is 1. The molecule has 4 heteroatoms. The van der Waals surface area contributed by atoms with E-state index in [1.807, 2.05) is 32.0 Å². The molecule has 1 fully saturated rings. The lowest BCUT2D eigenvalue weighted by atomic mass is 10.1. The summed E-state index contributed by atoms with van der Waals surface area (Å²) in [4.78, 5) is 14.3. The van der Waals surface area contributed by atoms with Crippen LogP contribution in [0.25, 0.3) is 0 Å². The Kier molecular flexibility index (Phi) is 4.56. The zero-order valence-electron chi connectivity index (χ0n) is 12.0. The molecule has 4 nitrogen and oxygen atoms in total. The summed E-state index contributed by atoms with van der Waals surface area (Å²) < 4.78 is 0. The molecule has 104 valence electrons. The van der Waals surface area contributed by atoms with Gasteiger partial charge < -0.3 is 10.6 Å². The van der Waals surface area contributed by atoms with Crippen molar-refractivity contribution in [2.24, 2.45) is 0 Å². The maximum absolute atomic E-state index is 12.1. The number of piperazine rings is 1. The molecule has 2 rings (SSSR count). The molecule has 1 heterocycles. The molecule has 1 aliphatic heterocycles. The third-order valence-corrected chi connectivity index (χ3v) is 3.57. The minimum Gasteiger partial charge on any atom is -0.324 e. The van der Waals surface area contributed by atoms with Crippen molar-refractivity contribution in [1.29, 1.82) is 0 Å². The minimum absolute atomic E-state index is 0.0755. The van der Waals surface area contributed by atoms with Gasteiger partial charge in [-0.3, -0.25) is 9.69 Å².